The molecule has 0 unspecified atom stereocenters. The summed E-state index contributed by atoms with van der Waals surface area (Å²) in [5.41, 5.74) is 11.7. The van der Waals surface area contributed by atoms with E-state index in [1.165, 1.54) is 65.1 Å². The fourth-order valence-corrected chi connectivity index (χ4v) is 10.8. The van der Waals surface area contributed by atoms with Crippen molar-refractivity contribution in [1.82, 2.24) is 0 Å². The monoisotopic (exact) mass is 671 g/mol. The quantitative estimate of drug-likeness (QED) is 0.175. The second-order valence-electron chi connectivity index (χ2n) is 15.8. The molecule has 0 N–H and O–H groups in total. The molecule has 2 nitrogen and oxygen atoms in total. The van der Waals surface area contributed by atoms with Crippen LogP contribution in [0.3, 0.4) is 0 Å². The van der Waals surface area contributed by atoms with Crippen LogP contribution in [0.15, 0.2) is 162 Å². The number of furan rings is 1. The fourth-order valence-electron chi connectivity index (χ4n) is 10.8. The SMILES string of the molecule is c1cc(-c2ccc(N(c3ccc(-c4cccc5ccccc45)cc3)c3ccc4c(c3)oc3ccccc34)cc2)cc(C2C3CC4CC(C3)CC2C4)c1. The Bertz CT molecular complexity index is 2560. The highest BCUT2D eigenvalue weighted by Gasteiger charge is 2.48. The van der Waals surface area contributed by atoms with Gasteiger partial charge in [-0.25, -0.2) is 0 Å². The van der Waals surface area contributed by atoms with Crippen LogP contribution in [0.25, 0.3) is 55.0 Å². The van der Waals surface area contributed by atoms with Gasteiger partial charge >= 0.3 is 0 Å². The highest BCUT2D eigenvalue weighted by Crippen LogP contribution is 2.60. The first-order chi connectivity index (χ1) is 25.7. The Morgan fingerprint density at radius 2 is 1.04 bits per heavy atom. The summed E-state index contributed by atoms with van der Waals surface area (Å²) in [4.78, 5) is 2.36. The van der Waals surface area contributed by atoms with E-state index in [1.54, 1.807) is 5.56 Å². The van der Waals surface area contributed by atoms with Gasteiger partial charge in [0.05, 0.1) is 0 Å². The van der Waals surface area contributed by atoms with Crippen molar-refractivity contribution in [1.29, 1.82) is 0 Å². The standard InChI is InChI=1S/C50H41NO/c1-2-11-44-35(7-1)8-6-13-45(44)36-17-21-42(22-18-36)51(43-23-24-47-46-12-3-4-14-48(46)52-49(47)31-43)41-19-15-34(16-20-41)37-9-5-10-38(30-37)50-39-26-32-25-33(28-39)29-40(50)27-32/h1-24,30-33,39-40,50H,25-29H2. The van der Waals surface area contributed by atoms with E-state index >= 15 is 0 Å². The van der Waals surface area contributed by atoms with Gasteiger partial charge in [0.1, 0.15) is 11.2 Å². The molecule has 0 saturated heterocycles. The van der Waals surface area contributed by atoms with Crippen LogP contribution in [0, 0.1) is 23.7 Å². The average Bonchev–Trinajstić information content (AvgIpc) is 3.56. The van der Waals surface area contributed by atoms with Crippen LogP contribution in [0.1, 0.15) is 43.6 Å². The number of fused-ring (bicyclic) bond motifs is 4. The van der Waals surface area contributed by atoms with Gasteiger partial charge in [0.2, 0.25) is 0 Å². The van der Waals surface area contributed by atoms with Crippen molar-refractivity contribution in [3.8, 4) is 22.3 Å². The lowest BCUT2D eigenvalue weighted by molar-refractivity contribution is -0.00276. The van der Waals surface area contributed by atoms with Gasteiger partial charge in [-0.05, 0) is 143 Å². The molecule has 4 saturated carbocycles. The summed E-state index contributed by atoms with van der Waals surface area (Å²) in [6, 6.07) is 57.9. The third-order valence-corrected chi connectivity index (χ3v) is 12.8. The van der Waals surface area contributed by atoms with E-state index in [-0.39, 0.29) is 0 Å². The summed E-state index contributed by atoms with van der Waals surface area (Å²) in [6.07, 6.45) is 7.32. The first-order valence-electron chi connectivity index (χ1n) is 19.2. The second-order valence-corrected chi connectivity index (χ2v) is 15.8. The van der Waals surface area contributed by atoms with Crippen LogP contribution < -0.4 is 4.90 Å². The first kappa shape index (κ1) is 30.1. The molecule has 2 heteroatoms. The minimum absolute atomic E-state index is 0.743. The Morgan fingerprint density at radius 3 is 1.81 bits per heavy atom. The molecule has 0 spiro atoms. The largest absolute Gasteiger partial charge is 0.456 e. The molecule has 0 amide bonds. The molecule has 12 rings (SSSR count). The molecule has 1 heterocycles. The van der Waals surface area contributed by atoms with E-state index < -0.39 is 0 Å². The van der Waals surface area contributed by atoms with Gasteiger partial charge in [-0.2, -0.15) is 0 Å². The van der Waals surface area contributed by atoms with E-state index in [0.717, 1.165) is 68.6 Å². The van der Waals surface area contributed by atoms with Gasteiger partial charge in [-0.1, -0.05) is 109 Å². The van der Waals surface area contributed by atoms with E-state index in [4.69, 9.17) is 4.42 Å². The minimum atomic E-state index is 0.743. The molecule has 0 atom stereocenters. The second kappa shape index (κ2) is 12.0. The van der Waals surface area contributed by atoms with Crippen molar-refractivity contribution in [2.45, 2.75) is 38.0 Å². The van der Waals surface area contributed by atoms with E-state index in [1.807, 2.05) is 6.07 Å². The third-order valence-electron chi connectivity index (χ3n) is 12.8. The summed E-state index contributed by atoms with van der Waals surface area (Å²) in [6.45, 7) is 0. The first-order valence-corrected chi connectivity index (χ1v) is 19.2. The summed E-state index contributed by atoms with van der Waals surface area (Å²) in [5.74, 6) is 4.52. The molecule has 4 aliphatic rings. The zero-order valence-electron chi connectivity index (χ0n) is 29.3. The lowest BCUT2D eigenvalue weighted by atomic mass is 9.50. The number of hydrogen-bond acceptors (Lipinski definition) is 2. The van der Waals surface area contributed by atoms with E-state index in [9.17, 15) is 0 Å². The summed E-state index contributed by atoms with van der Waals surface area (Å²) in [5, 5.41) is 4.82. The molecule has 0 aliphatic heterocycles. The Labute approximate surface area is 305 Å². The maximum absolute atomic E-state index is 6.38. The average molecular weight is 672 g/mol. The van der Waals surface area contributed by atoms with Crippen molar-refractivity contribution in [2.75, 3.05) is 4.90 Å². The molecular formula is C50H41NO. The summed E-state index contributed by atoms with van der Waals surface area (Å²) < 4.78 is 6.38. The van der Waals surface area contributed by atoms with Crippen LogP contribution >= 0.6 is 0 Å². The number of anilines is 3. The Kier molecular flexibility index (Phi) is 6.93. The predicted molar refractivity (Wildman–Crippen MR) is 217 cm³/mol. The number of rotatable bonds is 6. The van der Waals surface area contributed by atoms with E-state index in [0.29, 0.717) is 0 Å². The molecule has 0 radical (unpaired) electrons. The third kappa shape index (κ3) is 4.99. The van der Waals surface area contributed by atoms with Crippen molar-refractivity contribution in [3.63, 3.8) is 0 Å². The molecule has 7 aromatic carbocycles. The number of hydrogen-bond donors (Lipinski definition) is 0. The van der Waals surface area contributed by atoms with Gasteiger partial charge < -0.3 is 9.32 Å². The van der Waals surface area contributed by atoms with Gasteiger partial charge in [0, 0.05) is 33.9 Å². The van der Waals surface area contributed by atoms with Crippen molar-refractivity contribution in [3.05, 3.63) is 163 Å². The fraction of sp³-hybridized carbons (Fsp3) is 0.200. The maximum Gasteiger partial charge on any atom is 0.137 e. The number of nitrogens with zero attached hydrogens (tertiary/aromatic N) is 1. The minimum Gasteiger partial charge on any atom is -0.456 e. The lowest BCUT2D eigenvalue weighted by Gasteiger charge is -2.54. The van der Waals surface area contributed by atoms with Crippen molar-refractivity contribution < 1.29 is 4.42 Å². The molecule has 4 fully saturated rings. The topological polar surface area (TPSA) is 16.4 Å². The van der Waals surface area contributed by atoms with Crippen LogP contribution in [-0.2, 0) is 0 Å². The maximum atomic E-state index is 6.38. The van der Waals surface area contributed by atoms with Crippen LogP contribution in [0.2, 0.25) is 0 Å². The van der Waals surface area contributed by atoms with Gasteiger partial charge in [0.25, 0.3) is 0 Å². The smallest absolute Gasteiger partial charge is 0.137 e. The van der Waals surface area contributed by atoms with Gasteiger partial charge in [0.15, 0.2) is 0 Å². The Morgan fingerprint density at radius 1 is 0.423 bits per heavy atom. The highest BCUT2D eigenvalue weighted by atomic mass is 16.3. The van der Waals surface area contributed by atoms with Gasteiger partial charge in [-0.15, -0.1) is 0 Å². The van der Waals surface area contributed by atoms with Crippen molar-refractivity contribution in [2.24, 2.45) is 23.7 Å². The Hall–Kier alpha value is -5.60. The summed E-state index contributed by atoms with van der Waals surface area (Å²) in [7, 11) is 0. The molecular weight excluding hydrogens is 631 g/mol. The predicted octanol–water partition coefficient (Wildman–Crippen LogP) is 14.1. The molecule has 52 heavy (non-hydrogen) atoms. The molecule has 4 bridgehead atoms. The summed E-state index contributed by atoms with van der Waals surface area (Å²) >= 11 is 0. The number of para-hydroxylation sites is 1. The molecule has 1 aromatic heterocycles. The zero-order chi connectivity index (χ0) is 34.2. The highest BCUT2D eigenvalue weighted by molar-refractivity contribution is 6.06. The van der Waals surface area contributed by atoms with Crippen LogP contribution in [0.4, 0.5) is 17.1 Å². The van der Waals surface area contributed by atoms with Crippen LogP contribution in [0.5, 0.6) is 0 Å². The molecule has 252 valence electrons. The zero-order valence-corrected chi connectivity index (χ0v) is 29.3. The van der Waals surface area contributed by atoms with Crippen LogP contribution in [-0.4, -0.2) is 0 Å². The van der Waals surface area contributed by atoms with Crippen molar-refractivity contribution >= 4 is 49.8 Å². The van der Waals surface area contributed by atoms with E-state index in [2.05, 4.69) is 157 Å². The Balaban J connectivity index is 0.968. The lowest BCUT2D eigenvalue weighted by Crippen LogP contribution is -2.43. The molecule has 4 aliphatic carbocycles. The normalized spacial score (nSPS) is 22.0. The molecule has 8 aromatic rings. The van der Waals surface area contributed by atoms with Gasteiger partial charge in [-0.3, -0.25) is 0 Å². The number of benzene rings is 7.